The Kier molecular flexibility index (Phi) is 6.74. The van der Waals surface area contributed by atoms with Gasteiger partial charge in [0.15, 0.2) is 12.0 Å². The van der Waals surface area contributed by atoms with E-state index in [1.54, 1.807) is 13.8 Å². The number of rotatable bonds is 8. The summed E-state index contributed by atoms with van der Waals surface area (Å²) in [6.45, 7) is 6.32. The van der Waals surface area contributed by atoms with E-state index in [-0.39, 0.29) is 13.2 Å². The molecule has 1 unspecified atom stereocenters. The summed E-state index contributed by atoms with van der Waals surface area (Å²) in [6.07, 6.45) is 2.07. The summed E-state index contributed by atoms with van der Waals surface area (Å²) in [4.78, 5) is 1.43. The summed E-state index contributed by atoms with van der Waals surface area (Å²) >= 11 is 0. The lowest BCUT2D eigenvalue weighted by atomic mass is 10.2. The molecule has 0 saturated heterocycles. The Hall–Kier alpha value is -1.34. The molecule has 0 spiro atoms. The standard InChI is InChI=1S/C14H21N2O3P/c1-4-16(12-15)14(13-10-8-7-9-11-13)20(17,18-5-2)19-6-3/h7-11,14H,4-6H2,1-3H3. The summed E-state index contributed by atoms with van der Waals surface area (Å²) in [5.41, 5.74) is 0.751. The number of benzene rings is 1. The van der Waals surface area contributed by atoms with Crippen molar-refractivity contribution in [1.29, 1.82) is 5.26 Å². The molecule has 0 N–H and O–H groups in total. The predicted molar refractivity (Wildman–Crippen MR) is 78.0 cm³/mol. The fraction of sp³-hybridized carbons (Fsp3) is 0.500. The van der Waals surface area contributed by atoms with Crippen LogP contribution in [0.3, 0.4) is 0 Å². The lowest BCUT2D eigenvalue weighted by Crippen LogP contribution is -2.25. The first-order valence-corrected chi connectivity index (χ1v) is 8.34. The molecule has 0 radical (unpaired) electrons. The largest absolute Gasteiger partial charge is 0.358 e. The van der Waals surface area contributed by atoms with Crippen molar-refractivity contribution in [1.82, 2.24) is 4.90 Å². The van der Waals surface area contributed by atoms with E-state index in [2.05, 4.69) is 6.19 Å². The van der Waals surface area contributed by atoms with E-state index >= 15 is 0 Å². The molecule has 6 heteroatoms. The van der Waals surface area contributed by atoms with Crippen LogP contribution in [0.25, 0.3) is 0 Å². The molecule has 20 heavy (non-hydrogen) atoms. The van der Waals surface area contributed by atoms with Gasteiger partial charge >= 0.3 is 7.60 Å². The highest BCUT2D eigenvalue weighted by atomic mass is 31.2. The van der Waals surface area contributed by atoms with Gasteiger partial charge in [0.2, 0.25) is 0 Å². The molecule has 1 rings (SSSR count). The maximum Gasteiger partial charge on any atom is 0.358 e. The van der Waals surface area contributed by atoms with Crippen LogP contribution < -0.4 is 0 Å². The van der Waals surface area contributed by atoms with Crippen LogP contribution >= 0.6 is 7.60 Å². The van der Waals surface area contributed by atoms with Gasteiger partial charge in [-0.05, 0) is 26.3 Å². The van der Waals surface area contributed by atoms with Crippen LogP contribution in [0.4, 0.5) is 0 Å². The van der Waals surface area contributed by atoms with Crippen LogP contribution in [0.2, 0.25) is 0 Å². The second kappa shape index (κ2) is 8.06. The molecule has 1 aromatic rings. The van der Waals surface area contributed by atoms with Crippen molar-refractivity contribution in [3.05, 3.63) is 35.9 Å². The van der Waals surface area contributed by atoms with Gasteiger partial charge in [-0.3, -0.25) is 9.46 Å². The van der Waals surface area contributed by atoms with Gasteiger partial charge in [0.25, 0.3) is 0 Å². The fourth-order valence-corrected chi connectivity index (χ4v) is 4.17. The topological polar surface area (TPSA) is 62.6 Å². The van der Waals surface area contributed by atoms with E-state index in [9.17, 15) is 9.83 Å². The maximum atomic E-state index is 13.0. The van der Waals surface area contributed by atoms with E-state index in [0.29, 0.717) is 6.54 Å². The molecule has 0 bridgehead atoms. The highest BCUT2D eigenvalue weighted by Crippen LogP contribution is 2.62. The van der Waals surface area contributed by atoms with Crippen molar-refractivity contribution >= 4 is 7.60 Å². The predicted octanol–water partition coefficient (Wildman–Crippen LogP) is 3.75. The smallest absolute Gasteiger partial charge is 0.307 e. The third-order valence-corrected chi connectivity index (χ3v) is 5.19. The van der Waals surface area contributed by atoms with Gasteiger partial charge in [0, 0.05) is 6.54 Å². The molecule has 5 nitrogen and oxygen atoms in total. The van der Waals surface area contributed by atoms with E-state index in [0.717, 1.165) is 5.56 Å². The number of hydrogen-bond donors (Lipinski definition) is 0. The van der Waals surface area contributed by atoms with Gasteiger partial charge < -0.3 is 9.05 Å². The summed E-state index contributed by atoms with van der Waals surface area (Å²) < 4.78 is 23.9. The zero-order valence-corrected chi connectivity index (χ0v) is 13.0. The number of nitriles is 1. The molecular weight excluding hydrogens is 275 g/mol. The maximum absolute atomic E-state index is 13.0. The van der Waals surface area contributed by atoms with E-state index in [1.807, 2.05) is 37.3 Å². The van der Waals surface area contributed by atoms with E-state index in [4.69, 9.17) is 9.05 Å². The van der Waals surface area contributed by atoms with Gasteiger partial charge in [-0.2, -0.15) is 5.26 Å². The molecule has 0 aromatic heterocycles. The molecule has 0 aliphatic rings. The average Bonchev–Trinajstić information content (AvgIpc) is 2.45. The molecule has 1 atom stereocenters. The van der Waals surface area contributed by atoms with E-state index in [1.165, 1.54) is 4.90 Å². The van der Waals surface area contributed by atoms with Crippen molar-refractivity contribution in [3.63, 3.8) is 0 Å². The van der Waals surface area contributed by atoms with Crippen molar-refractivity contribution in [2.24, 2.45) is 0 Å². The Morgan fingerprint density at radius 1 is 1.20 bits per heavy atom. The minimum Gasteiger partial charge on any atom is -0.307 e. The highest BCUT2D eigenvalue weighted by molar-refractivity contribution is 7.54. The molecule has 0 heterocycles. The Morgan fingerprint density at radius 3 is 2.15 bits per heavy atom. The third-order valence-electron chi connectivity index (χ3n) is 2.78. The van der Waals surface area contributed by atoms with Gasteiger partial charge in [0.1, 0.15) is 0 Å². The van der Waals surface area contributed by atoms with E-state index < -0.39 is 13.4 Å². The first-order chi connectivity index (χ1) is 9.62. The lowest BCUT2D eigenvalue weighted by molar-refractivity contribution is 0.188. The third kappa shape index (κ3) is 3.83. The van der Waals surface area contributed by atoms with Crippen LogP contribution in [0.15, 0.2) is 30.3 Å². The molecule has 0 fully saturated rings. The summed E-state index contributed by atoms with van der Waals surface area (Å²) in [5.74, 6) is -0.710. The van der Waals surface area contributed by atoms with Gasteiger partial charge in [-0.1, -0.05) is 30.3 Å². The summed E-state index contributed by atoms with van der Waals surface area (Å²) in [7, 11) is -3.44. The quantitative estimate of drug-likeness (QED) is 0.415. The Bertz CT molecular complexity index is 477. The van der Waals surface area contributed by atoms with Crippen LogP contribution in [-0.2, 0) is 13.6 Å². The first-order valence-electron chi connectivity index (χ1n) is 6.73. The Labute approximate surface area is 120 Å². The number of hydrogen-bond acceptors (Lipinski definition) is 5. The summed E-state index contributed by atoms with van der Waals surface area (Å²) in [5, 5.41) is 9.30. The van der Waals surface area contributed by atoms with Crippen molar-refractivity contribution < 1.29 is 13.6 Å². The number of nitrogens with zero attached hydrogens (tertiary/aromatic N) is 2. The molecule has 110 valence electrons. The van der Waals surface area contributed by atoms with Gasteiger partial charge in [0.05, 0.1) is 13.2 Å². The Balaban J connectivity index is 3.29. The molecule has 0 saturated carbocycles. The first kappa shape index (κ1) is 16.7. The average molecular weight is 296 g/mol. The van der Waals surface area contributed by atoms with Crippen LogP contribution in [0.1, 0.15) is 32.1 Å². The SMILES string of the molecule is CCOP(=O)(OCC)C(c1ccccc1)N(C#N)CC. The second-order valence-electron chi connectivity index (χ2n) is 4.05. The molecule has 1 aromatic carbocycles. The van der Waals surface area contributed by atoms with Crippen molar-refractivity contribution in [2.75, 3.05) is 19.8 Å². The zero-order chi connectivity index (χ0) is 15.0. The summed E-state index contributed by atoms with van der Waals surface area (Å²) in [6, 6.07) is 9.21. The normalized spacial score (nSPS) is 12.7. The fourth-order valence-electron chi connectivity index (χ4n) is 2.00. The second-order valence-corrected chi connectivity index (χ2v) is 6.13. The van der Waals surface area contributed by atoms with Gasteiger partial charge in [-0.25, -0.2) is 0 Å². The van der Waals surface area contributed by atoms with Crippen LogP contribution in [0.5, 0.6) is 0 Å². The van der Waals surface area contributed by atoms with Crippen molar-refractivity contribution in [3.8, 4) is 6.19 Å². The zero-order valence-electron chi connectivity index (χ0n) is 12.2. The monoisotopic (exact) mass is 296 g/mol. The molecule has 0 amide bonds. The van der Waals surface area contributed by atoms with Gasteiger partial charge in [-0.15, -0.1) is 0 Å². The highest BCUT2D eigenvalue weighted by Gasteiger charge is 2.40. The van der Waals surface area contributed by atoms with Crippen molar-refractivity contribution in [2.45, 2.75) is 26.6 Å². The minimum atomic E-state index is -3.44. The Morgan fingerprint density at radius 2 is 1.75 bits per heavy atom. The van der Waals surface area contributed by atoms with Crippen LogP contribution in [0, 0.1) is 11.5 Å². The molecule has 0 aliphatic heterocycles. The molecular formula is C14H21N2O3P. The molecule has 0 aliphatic carbocycles. The minimum absolute atomic E-state index is 0.267. The van der Waals surface area contributed by atoms with Crippen LogP contribution in [-0.4, -0.2) is 24.7 Å². The lowest BCUT2D eigenvalue weighted by Gasteiger charge is -2.31.